The molecule has 2 fully saturated rings. The average Bonchev–Trinajstić information content (AvgIpc) is 3.06. The van der Waals surface area contributed by atoms with Crippen LogP contribution in [0.2, 0.25) is 0 Å². The predicted octanol–water partition coefficient (Wildman–Crippen LogP) is 2.84. The third-order valence-electron chi connectivity index (χ3n) is 4.97. The molecular formula is C16H27IN4. The van der Waals surface area contributed by atoms with Gasteiger partial charge in [-0.3, -0.25) is 4.99 Å². The first-order chi connectivity index (χ1) is 9.78. The topological polar surface area (TPSA) is 32.6 Å². The summed E-state index contributed by atoms with van der Waals surface area (Å²) in [6.07, 6.45) is 7.75. The second-order valence-electron chi connectivity index (χ2n) is 6.22. The molecule has 118 valence electrons. The van der Waals surface area contributed by atoms with Gasteiger partial charge in [-0.2, -0.15) is 0 Å². The highest BCUT2D eigenvalue weighted by atomic mass is 127. The molecule has 0 aromatic carbocycles. The normalized spacial score (nSPS) is 25.4. The Hall–Kier alpha value is -0.720. The van der Waals surface area contributed by atoms with E-state index < -0.39 is 0 Å². The van der Waals surface area contributed by atoms with Gasteiger partial charge < -0.3 is 14.8 Å². The summed E-state index contributed by atoms with van der Waals surface area (Å²) in [4.78, 5) is 6.94. The van der Waals surface area contributed by atoms with Crippen molar-refractivity contribution in [3.63, 3.8) is 0 Å². The molecule has 5 heteroatoms. The summed E-state index contributed by atoms with van der Waals surface area (Å²) in [6.45, 7) is 3.23. The van der Waals surface area contributed by atoms with Gasteiger partial charge in [0.2, 0.25) is 0 Å². The Morgan fingerprint density at radius 1 is 1.29 bits per heavy atom. The lowest BCUT2D eigenvalue weighted by atomic mass is 9.82. The zero-order chi connectivity index (χ0) is 13.9. The van der Waals surface area contributed by atoms with Gasteiger partial charge in [0.1, 0.15) is 0 Å². The van der Waals surface area contributed by atoms with Crippen molar-refractivity contribution in [3.8, 4) is 0 Å². The molecule has 2 unspecified atom stereocenters. The molecule has 0 amide bonds. The summed E-state index contributed by atoms with van der Waals surface area (Å²) >= 11 is 0. The Balaban J connectivity index is 0.00000161. The molecule has 3 rings (SSSR count). The number of aliphatic imine (C=N–C) groups is 1. The zero-order valence-corrected chi connectivity index (χ0v) is 15.4. The first-order valence-electron chi connectivity index (χ1n) is 7.83. The van der Waals surface area contributed by atoms with E-state index in [0.717, 1.165) is 24.3 Å². The summed E-state index contributed by atoms with van der Waals surface area (Å²) in [7, 11) is 3.99. The van der Waals surface area contributed by atoms with E-state index in [1.165, 1.54) is 44.5 Å². The summed E-state index contributed by atoms with van der Waals surface area (Å²) in [5.41, 5.74) is 1.29. The maximum absolute atomic E-state index is 4.48. The van der Waals surface area contributed by atoms with Crippen LogP contribution in [0.5, 0.6) is 0 Å². The van der Waals surface area contributed by atoms with Gasteiger partial charge in [-0.15, -0.1) is 24.0 Å². The van der Waals surface area contributed by atoms with E-state index in [-0.39, 0.29) is 24.0 Å². The third-order valence-corrected chi connectivity index (χ3v) is 4.97. The van der Waals surface area contributed by atoms with Crippen LogP contribution in [0.3, 0.4) is 0 Å². The first kappa shape index (κ1) is 16.6. The van der Waals surface area contributed by atoms with Crippen molar-refractivity contribution in [1.82, 2.24) is 14.8 Å². The molecule has 1 aromatic heterocycles. The van der Waals surface area contributed by atoms with Crippen molar-refractivity contribution in [3.05, 3.63) is 24.0 Å². The lowest BCUT2D eigenvalue weighted by Gasteiger charge is -2.22. The highest BCUT2D eigenvalue weighted by molar-refractivity contribution is 14.0. The summed E-state index contributed by atoms with van der Waals surface area (Å²) in [5, 5.41) is 3.52. The molecule has 1 saturated carbocycles. The molecule has 2 aliphatic rings. The van der Waals surface area contributed by atoms with Crippen molar-refractivity contribution in [2.24, 2.45) is 23.9 Å². The number of guanidine groups is 1. The van der Waals surface area contributed by atoms with Crippen LogP contribution in [0.1, 0.15) is 31.4 Å². The number of nitrogens with zero attached hydrogens (tertiary/aromatic N) is 3. The molecule has 0 bridgehead atoms. The number of halogens is 1. The smallest absolute Gasteiger partial charge is 0.193 e. The number of hydrogen-bond donors (Lipinski definition) is 1. The quantitative estimate of drug-likeness (QED) is 0.469. The van der Waals surface area contributed by atoms with Gasteiger partial charge in [-0.25, -0.2) is 0 Å². The van der Waals surface area contributed by atoms with Crippen LogP contribution >= 0.6 is 24.0 Å². The highest BCUT2D eigenvalue weighted by Gasteiger charge is 2.35. The van der Waals surface area contributed by atoms with Crippen LogP contribution in [0.25, 0.3) is 0 Å². The molecule has 2 atom stereocenters. The standard InChI is InChI=1S/C16H26N4.HI/c1-17-16(18-10-15-8-5-9-19(15)2)20-11-13-6-3-4-7-14(13)12-20;/h5,8-9,13-14H,3-4,6-7,10-12H2,1-2H3,(H,17,18);1H. The minimum absolute atomic E-state index is 0. The van der Waals surface area contributed by atoms with Gasteiger partial charge >= 0.3 is 0 Å². The van der Waals surface area contributed by atoms with Gasteiger partial charge in [-0.05, 0) is 36.8 Å². The molecule has 1 saturated heterocycles. The number of fused-ring (bicyclic) bond motifs is 1. The number of likely N-dealkylation sites (tertiary alicyclic amines) is 1. The fraction of sp³-hybridized carbons (Fsp3) is 0.688. The molecule has 1 aliphatic carbocycles. The van der Waals surface area contributed by atoms with Gasteiger partial charge in [0.15, 0.2) is 5.96 Å². The van der Waals surface area contributed by atoms with Gasteiger partial charge in [0.05, 0.1) is 6.54 Å². The van der Waals surface area contributed by atoms with E-state index in [4.69, 9.17) is 0 Å². The maximum Gasteiger partial charge on any atom is 0.193 e. The van der Waals surface area contributed by atoms with Crippen LogP contribution in [-0.4, -0.2) is 35.6 Å². The predicted molar refractivity (Wildman–Crippen MR) is 98.0 cm³/mol. The lowest BCUT2D eigenvalue weighted by molar-refractivity contribution is 0.299. The summed E-state index contributed by atoms with van der Waals surface area (Å²) in [5.74, 6) is 2.87. The Morgan fingerprint density at radius 2 is 1.95 bits per heavy atom. The maximum atomic E-state index is 4.48. The minimum Gasteiger partial charge on any atom is -0.353 e. The van der Waals surface area contributed by atoms with Crippen molar-refractivity contribution in [1.29, 1.82) is 0 Å². The van der Waals surface area contributed by atoms with Crippen LogP contribution in [-0.2, 0) is 13.6 Å². The number of hydrogen-bond acceptors (Lipinski definition) is 1. The van der Waals surface area contributed by atoms with Crippen LogP contribution in [0.15, 0.2) is 23.3 Å². The number of rotatable bonds is 2. The van der Waals surface area contributed by atoms with E-state index in [0.29, 0.717) is 0 Å². The van der Waals surface area contributed by atoms with Crippen LogP contribution in [0.4, 0.5) is 0 Å². The van der Waals surface area contributed by atoms with E-state index >= 15 is 0 Å². The lowest BCUT2D eigenvalue weighted by Crippen LogP contribution is -2.40. The molecule has 0 spiro atoms. The SMILES string of the molecule is CN=C(NCc1cccn1C)N1CC2CCCCC2C1.I. The van der Waals surface area contributed by atoms with E-state index in [1.54, 1.807) is 0 Å². The third kappa shape index (κ3) is 3.73. The molecule has 0 radical (unpaired) electrons. The van der Waals surface area contributed by atoms with Crippen molar-refractivity contribution < 1.29 is 0 Å². The van der Waals surface area contributed by atoms with E-state index in [1.807, 2.05) is 7.05 Å². The Kier molecular flexibility index (Phi) is 5.96. The zero-order valence-electron chi connectivity index (χ0n) is 13.1. The van der Waals surface area contributed by atoms with E-state index in [9.17, 15) is 0 Å². The number of nitrogens with one attached hydrogen (secondary N) is 1. The molecule has 21 heavy (non-hydrogen) atoms. The summed E-state index contributed by atoms with van der Waals surface area (Å²) < 4.78 is 2.16. The number of aromatic nitrogens is 1. The van der Waals surface area contributed by atoms with Crippen molar-refractivity contribution in [2.75, 3.05) is 20.1 Å². The summed E-state index contributed by atoms with van der Waals surface area (Å²) in [6, 6.07) is 4.24. The Morgan fingerprint density at radius 3 is 2.48 bits per heavy atom. The second-order valence-corrected chi connectivity index (χ2v) is 6.22. The number of aryl methyl sites for hydroxylation is 1. The Bertz CT molecular complexity index is 468. The van der Waals surface area contributed by atoms with Gasteiger partial charge in [0.25, 0.3) is 0 Å². The second kappa shape index (κ2) is 7.51. The average molecular weight is 402 g/mol. The van der Waals surface area contributed by atoms with Crippen LogP contribution < -0.4 is 5.32 Å². The molecule has 2 heterocycles. The molecule has 1 aromatic rings. The fourth-order valence-corrected chi connectivity index (χ4v) is 3.76. The molecule has 1 aliphatic heterocycles. The monoisotopic (exact) mass is 402 g/mol. The molecular weight excluding hydrogens is 375 g/mol. The highest BCUT2D eigenvalue weighted by Crippen LogP contribution is 2.35. The minimum atomic E-state index is 0. The van der Waals surface area contributed by atoms with E-state index in [2.05, 4.69) is 45.2 Å². The Labute approximate surface area is 145 Å². The van der Waals surface area contributed by atoms with Crippen molar-refractivity contribution >= 4 is 29.9 Å². The first-order valence-corrected chi connectivity index (χ1v) is 7.83. The molecule has 4 nitrogen and oxygen atoms in total. The van der Waals surface area contributed by atoms with Crippen molar-refractivity contribution in [2.45, 2.75) is 32.2 Å². The largest absolute Gasteiger partial charge is 0.353 e. The fourth-order valence-electron chi connectivity index (χ4n) is 3.76. The van der Waals surface area contributed by atoms with Gasteiger partial charge in [0, 0.05) is 39.1 Å². The van der Waals surface area contributed by atoms with Crippen LogP contribution in [0, 0.1) is 11.8 Å². The molecule has 1 N–H and O–H groups in total. The van der Waals surface area contributed by atoms with Gasteiger partial charge in [-0.1, -0.05) is 12.8 Å².